The van der Waals surface area contributed by atoms with Crippen molar-refractivity contribution in [2.24, 2.45) is 0 Å². The maximum absolute atomic E-state index is 12.4. The van der Waals surface area contributed by atoms with Crippen molar-refractivity contribution < 1.29 is 9.53 Å². The zero-order valence-corrected chi connectivity index (χ0v) is 13.8. The van der Waals surface area contributed by atoms with Gasteiger partial charge in [0.15, 0.2) is 18.2 Å². The van der Waals surface area contributed by atoms with Gasteiger partial charge in [-0.1, -0.05) is 42.5 Å². The van der Waals surface area contributed by atoms with Crippen molar-refractivity contribution in [3.8, 4) is 5.75 Å². The highest BCUT2D eigenvalue weighted by molar-refractivity contribution is 9.10. The third-order valence-corrected chi connectivity index (χ3v) is 4.36. The number of hydrogen-bond acceptors (Lipinski definition) is 3. The standard InChI is InChI=1S/C18H13BrN2O2/c19-16-9-8-15-18(20-16)21(17(22)11-23-15)10-13-6-3-5-12-4-1-2-7-14(12)13/h1-9H,10-11H2. The Morgan fingerprint density at radius 1 is 1.09 bits per heavy atom. The molecule has 0 N–H and O–H groups in total. The largest absolute Gasteiger partial charge is 0.480 e. The molecule has 1 aromatic heterocycles. The van der Waals surface area contributed by atoms with Crippen LogP contribution in [0.15, 0.2) is 59.2 Å². The number of pyridine rings is 1. The quantitative estimate of drug-likeness (QED) is 0.643. The van der Waals surface area contributed by atoms with Crippen LogP contribution in [0, 0.1) is 0 Å². The summed E-state index contributed by atoms with van der Waals surface area (Å²) < 4.78 is 6.15. The van der Waals surface area contributed by atoms with Crippen molar-refractivity contribution in [2.45, 2.75) is 6.54 Å². The fourth-order valence-electron chi connectivity index (χ4n) is 2.82. The van der Waals surface area contributed by atoms with Crippen LogP contribution in [0.3, 0.4) is 0 Å². The van der Waals surface area contributed by atoms with Crippen molar-refractivity contribution in [2.75, 3.05) is 11.5 Å². The second kappa shape index (κ2) is 5.66. The smallest absolute Gasteiger partial charge is 0.266 e. The lowest BCUT2D eigenvalue weighted by atomic mass is 10.0. The van der Waals surface area contributed by atoms with Gasteiger partial charge in [0.1, 0.15) is 4.60 Å². The van der Waals surface area contributed by atoms with E-state index in [9.17, 15) is 4.79 Å². The molecule has 0 atom stereocenters. The minimum atomic E-state index is -0.0870. The molecule has 0 fully saturated rings. The van der Waals surface area contributed by atoms with Gasteiger partial charge in [-0.3, -0.25) is 9.69 Å². The predicted octanol–water partition coefficient (Wildman–Crippen LogP) is 3.92. The molecule has 3 aromatic rings. The number of amides is 1. The molecular formula is C18H13BrN2O2. The van der Waals surface area contributed by atoms with Gasteiger partial charge < -0.3 is 4.74 Å². The second-order valence-corrected chi connectivity index (χ2v) is 6.18. The number of nitrogens with zero attached hydrogens (tertiary/aromatic N) is 2. The highest BCUT2D eigenvalue weighted by atomic mass is 79.9. The number of rotatable bonds is 2. The number of carbonyl (C=O) groups is 1. The van der Waals surface area contributed by atoms with Crippen LogP contribution in [0.4, 0.5) is 5.82 Å². The summed E-state index contributed by atoms with van der Waals surface area (Å²) >= 11 is 3.36. The van der Waals surface area contributed by atoms with Crippen LogP contribution in [0.25, 0.3) is 10.8 Å². The van der Waals surface area contributed by atoms with E-state index in [0.29, 0.717) is 22.7 Å². The number of benzene rings is 2. The molecule has 2 aromatic carbocycles. The molecule has 0 radical (unpaired) electrons. The molecule has 23 heavy (non-hydrogen) atoms. The van der Waals surface area contributed by atoms with E-state index >= 15 is 0 Å². The Bertz CT molecular complexity index is 905. The fraction of sp³-hybridized carbons (Fsp3) is 0.111. The van der Waals surface area contributed by atoms with Crippen LogP contribution in [-0.2, 0) is 11.3 Å². The average molecular weight is 369 g/mol. The monoisotopic (exact) mass is 368 g/mol. The number of ether oxygens (including phenoxy) is 1. The lowest BCUT2D eigenvalue weighted by Gasteiger charge is -2.28. The van der Waals surface area contributed by atoms with Gasteiger partial charge in [0.25, 0.3) is 5.91 Å². The molecule has 1 aliphatic rings. The molecule has 1 amide bonds. The van der Waals surface area contributed by atoms with Crippen LogP contribution < -0.4 is 9.64 Å². The number of anilines is 1. The number of fused-ring (bicyclic) bond motifs is 2. The first-order chi connectivity index (χ1) is 11.2. The van der Waals surface area contributed by atoms with Gasteiger partial charge in [-0.25, -0.2) is 4.98 Å². The molecule has 114 valence electrons. The Balaban J connectivity index is 1.79. The van der Waals surface area contributed by atoms with Crippen LogP contribution in [0.1, 0.15) is 5.56 Å². The predicted molar refractivity (Wildman–Crippen MR) is 92.6 cm³/mol. The van der Waals surface area contributed by atoms with Crippen molar-refractivity contribution in [1.29, 1.82) is 0 Å². The lowest BCUT2D eigenvalue weighted by Crippen LogP contribution is -2.39. The van der Waals surface area contributed by atoms with E-state index in [1.807, 2.05) is 36.4 Å². The van der Waals surface area contributed by atoms with Gasteiger partial charge in [-0.05, 0) is 44.4 Å². The van der Waals surface area contributed by atoms with Crippen molar-refractivity contribution in [3.05, 3.63) is 64.8 Å². The summed E-state index contributed by atoms with van der Waals surface area (Å²) in [5.41, 5.74) is 1.09. The molecule has 0 saturated heterocycles. The zero-order valence-electron chi connectivity index (χ0n) is 12.2. The number of aromatic nitrogens is 1. The third kappa shape index (κ3) is 2.57. The summed E-state index contributed by atoms with van der Waals surface area (Å²) in [5.74, 6) is 1.10. The first kappa shape index (κ1) is 14.2. The Labute approximate surface area is 141 Å². The van der Waals surface area contributed by atoms with E-state index < -0.39 is 0 Å². The number of halogens is 1. The van der Waals surface area contributed by atoms with E-state index in [0.717, 1.165) is 16.3 Å². The fourth-order valence-corrected chi connectivity index (χ4v) is 3.12. The molecule has 1 aliphatic heterocycles. The summed E-state index contributed by atoms with van der Waals surface area (Å²) in [6.07, 6.45) is 0. The molecule has 0 saturated carbocycles. The van der Waals surface area contributed by atoms with Crippen LogP contribution in [0.5, 0.6) is 5.75 Å². The minimum Gasteiger partial charge on any atom is -0.480 e. The van der Waals surface area contributed by atoms with Gasteiger partial charge in [0.05, 0.1) is 6.54 Å². The first-order valence-corrected chi connectivity index (χ1v) is 8.08. The number of carbonyl (C=O) groups excluding carboxylic acids is 1. The first-order valence-electron chi connectivity index (χ1n) is 7.29. The lowest BCUT2D eigenvalue weighted by molar-refractivity contribution is -0.121. The summed E-state index contributed by atoms with van der Waals surface area (Å²) in [6.45, 7) is 0.515. The van der Waals surface area contributed by atoms with Gasteiger partial charge in [0, 0.05) is 0 Å². The van der Waals surface area contributed by atoms with Crippen LogP contribution >= 0.6 is 15.9 Å². The van der Waals surface area contributed by atoms with Crippen LogP contribution in [0.2, 0.25) is 0 Å². The average Bonchev–Trinajstić information content (AvgIpc) is 2.58. The SMILES string of the molecule is O=C1COc2ccc(Br)nc2N1Cc1cccc2ccccc12. The molecule has 5 heteroatoms. The zero-order chi connectivity index (χ0) is 15.8. The summed E-state index contributed by atoms with van der Waals surface area (Å²) in [7, 11) is 0. The summed E-state index contributed by atoms with van der Waals surface area (Å²) in [4.78, 5) is 18.5. The van der Waals surface area contributed by atoms with Gasteiger partial charge >= 0.3 is 0 Å². The third-order valence-electron chi connectivity index (χ3n) is 3.92. The Kier molecular flexibility index (Phi) is 3.50. The minimum absolute atomic E-state index is 0.0427. The van der Waals surface area contributed by atoms with Gasteiger partial charge in [-0.2, -0.15) is 0 Å². The molecule has 2 heterocycles. The van der Waals surface area contributed by atoms with E-state index in [1.54, 1.807) is 4.90 Å². The highest BCUT2D eigenvalue weighted by Gasteiger charge is 2.27. The van der Waals surface area contributed by atoms with Gasteiger partial charge in [-0.15, -0.1) is 0 Å². The van der Waals surface area contributed by atoms with E-state index in [-0.39, 0.29) is 12.5 Å². The molecule has 0 spiro atoms. The topological polar surface area (TPSA) is 42.4 Å². The van der Waals surface area contributed by atoms with E-state index in [4.69, 9.17) is 4.74 Å². The van der Waals surface area contributed by atoms with Crippen molar-refractivity contribution in [3.63, 3.8) is 0 Å². The number of hydrogen-bond donors (Lipinski definition) is 0. The van der Waals surface area contributed by atoms with Crippen molar-refractivity contribution >= 4 is 38.4 Å². The van der Waals surface area contributed by atoms with Crippen LogP contribution in [-0.4, -0.2) is 17.5 Å². The van der Waals surface area contributed by atoms with Gasteiger partial charge in [0.2, 0.25) is 0 Å². The Morgan fingerprint density at radius 3 is 2.83 bits per heavy atom. The second-order valence-electron chi connectivity index (χ2n) is 5.36. The normalized spacial score (nSPS) is 13.8. The molecule has 0 unspecified atom stereocenters. The molecule has 0 bridgehead atoms. The summed E-state index contributed by atoms with van der Waals surface area (Å²) in [6, 6.07) is 17.9. The maximum Gasteiger partial charge on any atom is 0.266 e. The molecular weight excluding hydrogens is 356 g/mol. The Hall–Kier alpha value is -2.40. The highest BCUT2D eigenvalue weighted by Crippen LogP contribution is 2.33. The molecule has 4 rings (SSSR count). The van der Waals surface area contributed by atoms with Crippen molar-refractivity contribution in [1.82, 2.24) is 4.98 Å². The summed E-state index contributed by atoms with van der Waals surface area (Å²) in [5, 5.41) is 2.30. The Morgan fingerprint density at radius 2 is 1.91 bits per heavy atom. The van der Waals surface area contributed by atoms with E-state index in [1.165, 1.54) is 0 Å². The van der Waals surface area contributed by atoms with E-state index in [2.05, 4.69) is 39.1 Å². The molecule has 0 aliphatic carbocycles. The molecule has 4 nitrogen and oxygen atoms in total. The maximum atomic E-state index is 12.4.